The lowest BCUT2D eigenvalue weighted by Gasteiger charge is -2.16. The standard InChI is InChI=1S/C24H24BrCl2N3O4/c1-5-13(3)22-29-20-8-7-16(25)11-17(20)23(31)30(22)28-12-15-9-18(26)21(19(27)10-15)34-14(4)24(32)33-6-2/h7-14H,5-6H2,1-4H3/t13-,14+/m1/s1. The van der Waals surface area contributed by atoms with Crippen molar-refractivity contribution in [2.75, 3.05) is 6.61 Å². The minimum atomic E-state index is -0.880. The highest BCUT2D eigenvalue weighted by Crippen LogP contribution is 2.34. The number of benzene rings is 2. The van der Waals surface area contributed by atoms with E-state index in [1.54, 1.807) is 38.1 Å². The Kier molecular flexibility index (Phi) is 8.73. The zero-order valence-electron chi connectivity index (χ0n) is 19.1. The number of ether oxygens (including phenoxy) is 2. The summed E-state index contributed by atoms with van der Waals surface area (Å²) >= 11 is 16.1. The molecule has 7 nitrogen and oxygen atoms in total. The number of halogens is 3. The first-order chi connectivity index (χ1) is 16.2. The van der Waals surface area contributed by atoms with Gasteiger partial charge in [-0.05, 0) is 56.2 Å². The van der Waals surface area contributed by atoms with Gasteiger partial charge in [0.15, 0.2) is 11.9 Å². The number of fused-ring (bicyclic) bond motifs is 1. The third-order valence-electron chi connectivity index (χ3n) is 5.14. The van der Waals surface area contributed by atoms with Crippen LogP contribution in [0.5, 0.6) is 5.75 Å². The molecular formula is C24H24BrCl2N3O4. The van der Waals surface area contributed by atoms with Crippen LogP contribution in [0.1, 0.15) is 51.4 Å². The molecule has 10 heteroatoms. The summed E-state index contributed by atoms with van der Waals surface area (Å²) in [6.45, 7) is 7.51. The van der Waals surface area contributed by atoms with Gasteiger partial charge in [0, 0.05) is 10.4 Å². The molecule has 0 saturated carbocycles. The zero-order chi connectivity index (χ0) is 25.0. The van der Waals surface area contributed by atoms with Crippen LogP contribution in [-0.4, -0.2) is 34.6 Å². The molecule has 0 unspecified atom stereocenters. The molecule has 2 atom stereocenters. The molecule has 0 N–H and O–H groups in total. The lowest BCUT2D eigenvalue weighted by molar-refractivity contribution is -0.150. The molecule has 0 saturated heterocycles. The van der Waals surface area contributed by atoms with Crippen LogP contribution in [0.15, 0.2) is 44.7 Å². The summed E-state index contributed by atoms with van der Waals surface area (Å²) in [6.07, 6.45) is 1.38. The number of rotatable bonds is 8. The highest BCUT2D eigenvalue weighted by Gasteiger charge is 2.20. The van der Waals surface area contributed by atoms with E-state index in [2.05, 4.69) is 26.0 Å². The summed E-state index contributed by atoms with van der Waals surface area (Å²) in [5.41, 5.74) is 0.874. The second-order valence-electron chi connectivity index (χ2n) is 7.63. The Morgan fingerprint density at radius 2 is 1.88 bits per heavy atom. The van der Waals surface area contributed by atoms with Crippen molar-refractivity contribution in [1.82, 2.24) is 9.66 Å². The van der Waals surface area contributed by atoms with Crippen molar-refractivity contribution in [2.24, 2.45) is 5.10 Å². The molecule has 0 aliphatic rings. The first-order valence-electron chi connectivity index (χ1n) is 10.7. The minimum Gasteiger partial charge on any atom is -0.476 e. The van der Waals surface area contributed by atoms with E-state index in [1.165, 1.54) is 10.9 Å². The van der Waals surface area contributed by atoms with Crippen molar-refractivity contribution in [3.8, 4) is 5.75 Å². The number of carbonyl (C=O) groups excluding carboxylic acids is 1. The molecule has 180 valence electrons. The molecule has 3 aromatic rings. The monoisotopic (exact) mass is 567 g/mol. The fraction of sp³-hybridized carbons (Fsp3) is 0.333. The smallest absolute Gasteiger partial charge is 0.347 e. The summed E-state index contributed by atoms with van der Waals surface area (Å²) in [4.78, 5) is 29.8. The van der Waals surface area contributed by atoms with Crippen LogP contribution >= 0.6 is 39.1 Å². The summed E-state index contributed by atoms with van der Waals surface area (Å²) in [6, 6.07) is 8.55. The van der Waals surface area contributed by atoms with Crippen molar-refractivity contribution in [3.63, 3.8) is 0 Å². The normalized spacial score (nSPS) is 13.3. The van der Waals surface area contributed by atoms with E-state index in [9.17, 15) is 9.59 Å². The molecule has 3 rings (SSSR count). The van der Waals surface area contributed by atoms with E-state index in [4.69, 9.17) is 32.7 Å². The SMILES string of the molecule is CCOC(=O)[C@H](C)Oc1c(Cl)cc(C=Nn2c([C@H](C)CC)nc3ccc(Br)cc3c2=O)cc1Cl. The first-order valence-corrected chi connectivity index (χ1v) is 12.3. The molecule has 0 spiro atoms. The molecular weight excluding hydrogens is 545 g/mol. The van der Waals surface area contributed by atoms with Crippen LogP contribution < -0.4 is 10.3 Å². The summed E-state index contributed by atoms with van der Waals surface area (Å²) < 4.78 is 12.6. The molecule has 1 heterocycles. The predicted octanol–water partition coefficient (Wildman–Crippen LogP) is 6.19. The Hall–Kier alpha value is -2.42. The molecule has 0 radical (unpaired) electrons. The summed E-state index contributed by atoms with van der Waals surface area (Å²) in [7, 11) is 0. The Morgan fingerprint density at radius 1 is 1.21 bits per heavy atom. The predicted molar refractivity (Wildman–Crippen MR) is 139 cm³/mol. The van der Waals surface area contributed by atoms with Gasteiger partial charge >= 0.3 is 5.97 Å². The molecule has 0 amide bonds. The Labute approximate surface area is 215 Å². The summed E-state index contributed by atoms with van der Waals surface area (Å²) in [5.74, 6) is 0.201. The molecule has 0 aliphatic carbocycles. The van der Waals surface area contributed by atoms with Gasteiger partial charge in [-0.3, -0.25) is 4.79 Å². The van der Waals surface area contributed by atoms with Gasteiger partial charge in [-0.1, -0.05) is 53.0 Å². The number of hydrogen-bond acceptors (Lipinski definition) is 6. The largest absolute Gasteiger partial charge is 0.476 e. The number of carbonyl (C=O) groups is 1. The van der Waals surface area contributed by atoms with E-state index in [0.717, 1.165) is 10.9 Å². The van der Waals surface area contributed by atoms with Gasteiger partial charge in [-0.2, -0.15) is 9.78 Å². The van der Waals surface area contributed by atoms with Crippen LogP contribution in [0.4, 0.5) is 0 Å². The van der Waals surface area contributed by atoms with Crippen molar-refractivity contribution in [1.29, 1.82) is 0 Å². The van der Waals surface area contributed by atoms with Gasteiger partial charge in [-0.25, -0.2) is 9.78 Å². The van der Waals surface area contributed by atoms with Gasteiger partial charge in [0.25, 0.3) is 5.56 Å². The maximum absolute atomic E-state index is 13.2. The van der Waals surface area contributed by atoms with Crippen LogP contribution in [0, 0.1) is 0 Å². The van der Waals surface area contributed by atoms with Gasteiger partial charge in [0.2, 0.25) is 0 Å². The molecule has 34 heavy (non-hydrogen) atoms. The van der Waals surface area contributed by atoms with E-state index < -0.39 is 12.1 Å². The van der Waals surface area contributed by atoms with E-state index in [1.807, 2.05) is 19.9 Å². The molecule has 0 aliphatic heterocycles. The van der Waals surface area contributed by atoms with E-state index in [0.29, 0.717) is 22.3 Å². The summed E-state index contributed by atoms with van der Waals surface area (Å²) in [5, 5.41) is 5.26. The minimum absolute atomic E-state index is 0.00483. The fourth-order valence-electron chi connectivity index (χ4n) is 3.15. The highest BCUT2D eigenvalue weighted by atomic mass is 79.9. The Balaban J connectivity index is 2.00. The van der Waals surface area contributed by atoms with Gasteiger partial charge in [-0.15, -0.1) is 0 Å². The lowest BCUT2D eigenvalue weighted by atomic mass is 10.1. The van der Waals surface area contributed by atoms with Crippen LogP contribution in [-0.2, 0) is 9.53 Å². The van der Waals surface area contributed by atoms with Crippen molar-refractivity contribution >= 4 is 62.2 Å². The lowest BCUT2D eigenvalue weighted by Crippen LogP contribution is -2.26. The van der Waals surface area contributed by atoms with Crippen LogP contribution in [0.2, 0.25) is 10.0 Å². The number of esters is 1. The van der Waals surface area contributed by atoms with Gasteiger partial charge in [0.05, 0.1) is 33.8 Å². The average Bonchev–Trinajstić information content (AvgIpc) is 2.80. The Bertz CT molecular complexity index is 1290. The van der Waals surface area contributed by atoms with Crippen LogP contribution in [0.3, 0.4) is 0 Å². The second kappa shape index (κ2) is 11.3. The number of nitrogens with zero attached hydrogens (tertiary/aromatic N) is 3. The molecule has 2 aromatic carbocycles. The maximum atomic E-state index is 13.2. The van der Waals surface area contributed by atoms with Crippen molar-refractivity contribution < 1.29 is 14.3 Å². The molecule has 0 bridgehead atoms. The second-order valence-corrected chi connectivity index (χ2v) is 9.36. The van der Waals surface area contributed by atoms with Crippen molar-refractivity contribution in [2.45, 2.75) is 46.1 Å². The zero-order valence-corrected chi connectivity index (χ0v) is 22.2. The van der Waals surface area contributed by atoms with Crippen molar-refractivity contribution in [3.05, 3.63) is 66.6 Å². The highest BCUT2D eigenvalue weighted by molar-refractivity contribution is 9.10. The van der Waals surface area contributed by atoms with Gasteiger partial charge in [0.1, 0.15) is 5.82 Å². The van der Waals surface area contributed by atoms with E-state index in [-0.39, 0.29) is 33.9 Å². The molecule has 1 aromatic heterocycles. The number of hydrogen-bond donors (Lipinski definition) is 0. The fourth-order valence-corrected chi connectivity index (χ4v) is 4.11. The third-order valence-corrected chi connectivity index (χ3v) is 6.20. The van der Waals surface area contributed by atoms with Gasteiger partial charge < -0.3 is 9.47 Å². The number of aromatic nitrogens is 2. The average molecular weight is 569 g/mol. The first kappa shape index (κ1) is 26.2. The molecule has 0 fully saturated rings. The Morgan fingerprint density at radius 3 is 2.50 bits per heavy atom. The maximum Gasteiger partial charge on any atom is 0.347 e. The quantitative estimate of drug-likeness (QED) is 0.239. The third kappa shape index (κ3) is 5.79. The topological polar surface area (TPSA) is 82.8 Å². The van der Waals surface area contributed by atoms with E-state index >= 15 is 0 Å². The van der Waals surface area contributed by atoms with Crippen LogP contribution in [0.25, 0.3) is 10.9 Å².